The summed E-state index contributed by atoms with van der Waals surface area (Å²) in [5, 5.41) is 7.44. The molecular formula is C18H31N5O. The lowest BCUT2D eigenvalue weighted by atomic mass is 10.1. The highest BCUT2D eigenvalue weighted by molar-refractivity contribution is 5.93. The molecule has 6 heteroatoms. The predicted molar refractivity (Wildman–Crippen MR) is 96.2 cm³/mol. The molecule has 24 heavy (non-hydrogen) atoms. The third kappa shape index (κ3) is 3.98. The van der Waals surface area contributed by atoms with Gasteiger partial charge in [0.15, 0.2) is 0 Å². The number of nitrogens with zero attached hydrogens (tertiary/aromatic N) is 4. The number of likely N-dealkylation sites (tertiary alicyclic amines) is 2. The van der Waals surface area contributed by atoms with Gasteiger partial charge in [-0.25, -0.2) is 0 Å². The van der Waals surface area contributed by atoms with E-state index in [0.29, 0.717) is 12.6 Å². The first-order valence-electron chi connectivity index (χ1n) is 9.31. The van der Waals surface area contributed by atoms with E-state index in [1.165, 1.54) is 45.2 Å². The first-order valence-corrected chi connectivity index (χ1v) is 9.31. The Morgan fingerprint density at radius 3 is 2.58 bits per heavy atom. The number of rotatable bonds is 5. The quantitative estimate of drug-likeness (QED) is 0.894. The smallest absolute Gasteiger partial charge is 0.238 e. The van der Waals surface area contributed by atoms with Gasteiger partial charge in [-0.3, -0.25) is 14.4 Å². The normalized spacial score (nSPS) is 22.9. The molecule has 0 radical (unpaired) electrons. The standard InChI is InChI=1S/C18H31N5O/c1-14-18(15(2)21(3)20-14)19-17(24)13-23-11-7-8-16(23)12-22-9-5-4-6-10-22/h16H,4-13H2,1-3H3,(H,19,24)/t16-/m1/s1. The van der Waals surface area contributed by atoms with Crippen LogP contribution in [0.15, 0.2) is 0 Å². The average Bonchev–Trinajstić information content (AvgIpc) is 3.08. The lowest BCUT2D eigenvalue weighted by molar-refractivity contribution is -0.117. The van der Waals surface area contributed by atoms with E-state index in [9.17, 15) is 4.79 Å². The molecular weight excluding hydrogens is 302 g/mol. The summed E-state index contributed by atoms with van der Waals surface area (Å²) in [6, 6.07) is 0.532. The number of hydrogen-bond acceptors (Lipinski definition) is 4. The van der Waals surface area contributed by atoms with Gasteiger partial charge >= 0.3 is 0 Å². The van der Waals surface area contributed by atoms with Crippen molar-refractivity contribution in [1.29, 1.82) is 0 Å². The van der Waals surface area contributed by atoms with Crippen molar-refractivity contribution in [3.63, 3.8) is 0 Å². The second-order valence-electron chi connectivity index (χ2n) is 7.35. The van der Waals surface area contributed by atoms with Gasteiger partial charge in [0.25, 0.3) is 0 Å². The fraction of sp³-hybridized carbons (Fsp3) is 0.778. The van der Waals surface area contributed by atoms with Gasteiger partial charge in [-0.15, -0.1) is 0 Å². The Morgan fingerprint density at radius 1 is 1.17 bits per heavy atom. The van der Waals surface area contributed by atoms with E-state index in [1.54, 1.807) is 0 Å². The van der Waals surface area contributed by atoms with Crippen molar-refractivity contribution in [2.75, 3.05) is 38.0 Å². The van der Waals surface area contributed by atoms with Crippen molar-refractivity contribution in [2.45, 2.75) is 52.0 Å². The highest BCUT2D eigenvalue weighted by Crippen LogP contribution is 2.21. The van der Waals surface area contributed by atoms with Crippen LogP contribution < -0.4 is 5.32 Å². The molecule has 2 aliphatic heterocycles. The van der Waals surface area contributed by atoms with Gasteiger partial charge < -0.3 is 10.2 Å². The minimum absolute atomic E-state index is 0.0831. The summed E-state index contributed by atoms with van der Waals surface area (Å²) in [6.07, 6.45) is 6.45. The van der Waals surface area contributed by atoms with Crippen molar-refractivity contribution in [3.05, 3.63) is 11.4 Å². The van der Waals surface area contributed by atoms with Crippen molar-refractivity contribution in [2.24, 2.45) is 7.05 Å². The van der Waals surface area contributed by atoms with Crippen LogP contribution in [0.1, 0.15) is 43.5 Å². The van der Waals surface area contributed by atoms with Crippen LogP contribution in [0.2, 0.25) is 0 Å². The molecule has 1 aromatic heterocycles. The number of piperidine rings is 1. The molecule has 3 heterocycles. The molecule has 2 saturated heterocycles. The molecule has 0 spiro atoms. The second kappa shape index (κ2) is 7.66. The van der Waals surface area contributed by atoms with E-state index in [2.05, 4.69) is 20.2 Å². The maximum absolute atomic E-state index is 12.5. The molecule has 1 atom stereocenters. The van der Waals surface area contributed by atoms with Gasteiger partial charge in [0.1, 0.15) is 0 Å². The molecule has 134 valence electrons. The fourth-order valence-electron chi connectivity index (χ4n) is 4.07. The maximum Gasteiger partial charge on any atom is 0.238 e. The summed E-state index contributed by atoms with van der Waals surface area (Å²) in [5.74, 6) is 0.0831. The molecule has 0 unspecified atom stereocenters. The van der Waals surface area contributed by atoms with Crippen LogP contribution in [0.4, 0.5) is 5.69 Å². The predicted octanol–water partition coefficient (Wildman–Crippen LogP) is 1.93. The number of aryl methyl sites for hydroxylation is 2. The molecule has 1 N–H and O–H groups in total. The summed E-state index contributed by atoms with van der Waals surface area (Å²) >= 11 is 0. The minimum Gasteiger partial charge on any atom is -0.322 e. The fourth-order valence-corrected chi connectivity index (χ4v) is 4.07. The Kier molecular flexibility index (Phi) is 5.56. The van der Waals surface area contributed by atoms with Gasteiger partial charge in [-0.05, 0) is 59.2 Å². The van der Waals surface area contributed by atoms with Crippen LogP contribution in [0.25, 0.3) is 0 Å². The van der Waals surface area contributed by atoms with Crippen LogP contribution in [0, 0.1) is 13.8 Å². The van der Waals surface area contributed by atoms with E-state index in [-0.39, 0.29) is 5.91 Å². The summed E-state index contributed by atoms with van der Waals surface area (Å²) < 4.78 is 1.82. The summed E-state index contributed by atoms with van der Waals surface area (Å²) in [7, 11) is 1.91. The molecule has 3 rings (SSSR count). The van der Waals surface area contributed by atoms with E-state index in [0.717, 1.165) is 30.2 Å². The lowest BCUT2D eigenvalue weighted by Crippen LogP contribution is -2.44. The Bertz CT molecular complexity index is 576. The molecule has 0 aromatic carbocycles. The van der Waals surface area contributed by atoms with Gasteiger partial charge in [0, 0.05) is 19.6 Å². The third-order valence-electron chi connectivity index (χ3n) is 5.54. The minimum atomic E-state index is 0.0831. The van der Waals surface area contributed by atoms with Gasteiger partial charge in [-0.2, -0.15) is 5.10 Å². The van der Waals surface area contributed by atoms with Crippen LogP contribution in [-0.4, -0.2) is 64.3 Å². The number of carbonyl (C=O) groups is 1. The van der Waals surface area contributed by atoms with Crippen LogP contribution in [0.5, 0.6) is 0 Å². The molecule has 1 aromatic rings. The molecule has 2 aliphatic rings. The topological polar surface area (TPSA) is 53.4 Å². The Labute approximate surface area is 145 Å². The summed E-state index contributed by atoms with van der Waals surface area (Å²) in [4.78, 5) is 17.5. The number of aromatic nitrogens is 2. The summed E-state index contributed by atoms with van der Waals surface area (Å²) in [5.41, 5.74) is 2.76. The van der Waals surface area contributed by atoms with E-state index < -0.39 is 0 Å². The van der Waals surface area contributed by atoms with Crippen LogP contribution >= 0.6 is 0 Å². The van der Waals surface area contributed by atoms with E-state index in [1.807, 2.05) is 25.6 Å². The molecule has 6 nitrogen and oxygen atoms in total. The first kappa shape index (κ1) is 17.4. The van der Waals surface area contributed by atoms with Crippen molar-refractivity contribution in [1.82, 2.24) is 19.6 Å². The second-order valence-corrected chi connectivity index (χ2v) is 7.35. The third-order valence-corrected chi connectivity index (χ3v) is 5.54. The summed E-state index contributed by atoms with van der Waals surface area (Å²) in [6.45, 7) is 9.04. The van der Waals surface area contributed by atoms with Crippen molar-refractivity contribution >= 4 is 11.6 Å². The van der Waals surface area contributed by atoms with E-state index >= 15 is 0 Å². The molecule has 1 amide bonds. The molecule has 0 saturated carbocycles. The largest absolute Gasteiger partial charge is 0.322 e. The Morgan fingerprint density at radius 2 is 1.92 bits per heavy atom. The number of hydrogen-bond donors (Lipinski definition) is 1. The van der Waals surface area contributed by atoms with Crippen LogP contribution in [-0.2, 0) is 11.8 Å². The molecule has 0 aliphatic carbocycles. The van der Waals surface area contributed by atoms with Gasteiger partial charge in [-0.1, -0.05) is 6.42 Å². The van der Waals surface area contributed by atoms with Crippen LogP contribution in [0.3, 0.4) is 0 Å². The number of amides is 1. The van der Waals surface area contributed by atoms with Crippen molar-refractivity contribution in [3.8, 4) is 0 Å². The lowest BCUT2D eigenvalue weighted by Gasteiger charge is -2.32. The zero-order valence-electron chi connectivity index (χ0n) is 15.3. The zero-order valence-corrected chi connectivity index (χ0v) is 15.3. The monoisotopic (exact) mass is 333 g/mol. The highest BCUT2D eigenvalue weighted by atomic mass is 16.2. The first-order chi connectivity index (χ1) is 11.5. The van der Waals surface area contributed by atoms with E-state index in [4.69, 9.17) is 0 Å². The molecule has 0 bridgehead atoms. The highest BCUT2D eigenvalue weighted by Gasteiger charge is 2.28. The zero-order chi connectivity index (χ0) is 17.1. The molecule has 2 fully saturated rings. The Balaban J connectivity index is 1.54. The number of anilines is 1. The SMILES string of the molecule is Cc1nn(C)c(C)c1NC(=O)CN1CCC[C@@H]1CN1CCCCC1. The average molecular weight is 333 g/mol. The van der Waals surface area contributed by atoms with Gasteiger partial charge in [0.2, 0.25) is 5.91 Å². The Hall–Kier alpha value is -1.40. The maximum atomic E-state index is 12.5. The number of nitrogens with one attached hydrogen (secondary N) is 1. The van der Waals surface area contributed by atoms with Crippen molar-refractivity contribution < 1.29 is 4.79 Å². The number of carbonyl (C=O) groups excluding carboxylic acids is 1. The van der Waals surface area contributed by atoms with Gasteiger partial charge in [0.05, 0.1) is 23.6 Å².